The summed E-state index contributed by atoms with van der Waals surface area (Å²) < 4.78 is 16.8. The SMILES string of the molecule is CCCCCCCCCCCCCCCCCCCCCCCCCCCCCCCCCCCCC(=O)OCC(COC(=O)CCCCCCCCCCC)OC(=O)CCCCCCCCCCC. The number of rotatable bonds is 60. The Morgan fingerprint density at radius 1 is 0.229 bits per heavy atom. The molecular formula is C64H124O6. The molecule has 70 heavy (non-hydrogen) atoms. The van der Waals surface area contributed by atoms with Crippen molar-refractivity contribution in [2.24, 2.45) is 0 Å². The average Bonchev–Trinajstić information content (AvgIpc) is 3.36. The molecule has 0 spiro atoms. The highest BCUT2D eigenvalue weighted by Gasteiger charge is 2.19. The van der Waals surface area contributed by atoms with Gasteiger partial charge in [-0.05, 0) is 19.3 Å². The van der Waals surface area contributed by atoms with Crippen molar-refractivity contribution in [1.82, 2.24) is 0 Å². The molecule has 416 valence electrons. The van der Waals surface area contributed by atoms with Gasteiger partial charge in [-0.3, -0.25) is 14.4 Å². The van der Waals surface area contributed by atoms with E-state index in [1.54, 1.807) is 0 Å². The van der Waals surface area contributed by atoms with E-state index in [0.717, 1.165) is 57.8 Å². The molecular weight excluding hydrogens is 865 g/mol. The lowest BCUT2D eigenvalue weighted by Gasteiger charge is -2.18. The van der Waals surface area contributed by atoms with E-state index in [1.807, 2.05) is 0 Å². The Bertz CT molecular complexity index is 1040. The van der Waals surface area contributed by atoms with Crippen molar-refractivity contribution in [2.75, 3.05) is 13.2 Å². The van der Waals surface area contributed by atoms with Gasteiger partial charge in [-0.25, -0.2) is 0 Å². The molecule has 0 heterocycles. The van der Waals surface area contributed by atoms with Gasteiger partial charge in [0.1, 0.15) is 13.2 Å². The Balaban J connectivity index is 3.83. The zero-order valence-corrected chi connectivity index (χ0v) is 47.8. The van der Waals surface area contributed by atoms with E-state index in [0.29, 0.717) is 19.3 Å². The van der Waals surface area contributed by atoms with Crippen molar-refractivity contribution in [2.45, 2.75) is 380 Å². The summed E-state index contributed by atoms with van der Waals surface area (Å²) in [6.45, 7) is 6.66. The molecule has 1 atom stereocenters. The van der Waals surface area contributed by atoms with Crippen LogP contribution < -0.4 is 0 Å². The predicted molar refractivity (Wildman–Crippen MR) is 303 cm³/mol. The Kier molecular flexibility index (Phi) is 58.6. The van der Waals surface area contributed by atoms with E-state index >= 15 is 0 Å². The summed E-state index contributed by atoms with van der Waals surface area (Å²) in [5.41, 5.74) is 0. The maximum absolute atomic E-state index is 12.7. The summed E-state index contributed by atoms with van der Waals surface area (Å²) in [5, 5.41) is 0. The highest BCUT2D eigenvalue weighted by Crippen LogP contribution is 2.19. The van der Waals surface area contributed by atoms with Gasteiger partial charge in [-0.15, -0.1) is 0 Å². The van der Waals surface area contributed by atoms with Gasteiger partial charge in [0.15, 0.2) is 6.10 Å². The van der Waals surface area contributed by atoms with Crippen LogP contribution in [0, 0.1) is 0 Å². The van der Waals surface area contributed by atoms with E-state index < -0.39 is 6.10 Å². The second-order valence-corrected chi connectivity index (χ2v) is 22.1. The van der Waals surface area contributed by atoms with E-state index in [4.69, 9.17) is 14.2 Å². The lowest BCUT2D eigenvalue weighted by molar-refractivity contribution is -0.167. The molecule has 0 aromatic carbocycles. The maximum Gasteiger partial charge on any atom is 0.306 e. The number of esters is 3. The largest absolute Gasteiger partial charge is 0.462 e. The standard InChI is InChI=1S/C64H124O6/c1-4-7-10-13-16-19-20-21-22-23-24-25-26-27-28-29-30-31-32-33-34-35-36-37-38-39-40-41-42-43-46-48-51-54-57-63(66)69-60-61(70-64(67)58-55-52-49-45-18-15-12-9-6-3)59-68-62(65)56-53-50-47-44-17-14-11-8-5-2/h61H,4-60H2,1-3H3. The molecule has 0 saturated carbocycles. The van der Waals surface area contributed by atoms with Crippen molar-refractivity contribution in [3.63, 3.8) is 0 Å². The monoisotopic (exact) mass is 989 g/mol. The number of hydrogen-bond acceptors (Lipinski definition) is 6. The van der Waals surface area contributed by atoms with Gasteiger partial charge >= 0.3 is 17.9 Å². The molecule has 0 bridgehead atoms. The first kappa shape index (κ1) is 68.4. The van der Waals surface area contributed by atoms with Crippen molar-refractivity contribution >= 4 is 17.9 Å². The molecule has 6 heteroatoms. The van der Waals surface area contributed by atoms with Crippen LogP contribution in [0.1, 0.15) is 374 Å². The third-order valence-corrected chi connectivity index (χ3v) is 14.9. The van der Waals surface area contributed by atoms with Crippen molar-refractivity contribution in [3.8, 4) is 0 Å². The van der Waals surface area contributed by atoms with Gasteiger partial charge in [0.2, 0.25) is 0 Å². The molecule has 0 amide bonds. The van der Waals surface area contributed by atoms with Crippen LogP contribution in [0.4, 0.5) is 0 Å². The van der Waals surface area contributed by atoms with Gasteiger partial charge in [-0.2, -0.15) is 0 Å². The Morgan fingerprint density at radius 2 is 0.386 bits per heavy atom. The van der Waals surface area contributed by atoms with Crippen LogP contribution in [0.5, 0.6) is 0 Å². The number of hydrogen-bond donors (Lipinski definition) is 0. The molecule has 0 rings (SSSR count). The summed E-state index contributed by atoms with van der Waals surface area (Å²) >= 11 is 0. The van der Waals surface area contributed by atoms with Crippen molar-refractivity contribution in [3.05, 3.63) is 0 Å². The van der Waals surface area contributed by atoms with Gasteiger partial charge in [0.05, 0.1) is 0 Å². The maximum atomic E-state index is 12.7. The molecule has 0 aliphatic carbocycles. The number of carbonyl (C=O) groups is 3. The van der Waals surface area contributed by atoms with E-state index in [1.165, 1.54) is 276 Å². The Hall–Kier alpha value is -1.59. The summed E-state index contributed by atoms with van der Waals surface area (Å²) in [6.07, 6.45) is 68.8. The minimum Gasteiger partial charge on any atom is -0.462 e. The number of carbonyl (C=O) groups excluding carboxylic acids is 3. The summed E-state index contributed by atoms with van der Waals surface area (Å²) in [4.78, 5) is 37.9. The third-order valence-electron chi connectivity index (χ3n) is 14.9. The zero-order chi connectivity index (χ0) is 50.7. The van der Waals surface area contributed by atoms with Crippen LogP contribution in [0.2, 0.25) is 0 Å². The lowest BCUT2D eigenvalue weighted by Crippen LogP contribution is -2.30. The zero-order valence-electron chi connectivity index (χ0n) is 47.8. The second kappa shape index (κ2) is 60.0. The fourth-order valence-corrected chi connectivity index (χ4v) is 10.0. The van der Waals surface area contributed by atoms with Crippen LogP contribution in [0.15, 0.2) is 0 Å². The lowest BCUT2D eigenvalue weighted by atomic mass is 10.0. The topological polar surface area (TPSA) is 78.9 Å². The fourth-order valence-electron chi connectivity index (χ4n) is 10.0. The van der Waals surface area contributed by atoms with Crippen LogP contribution in [-0.4, -0.2) is 37.2 Å². The molecule has 0 fully saturated rings. The fraction of sp³-hybridized carbons (Fsp3) is 0.953. The minimum atomic E-state index is -0.759. The molecule has 0 radical (unpaired) electrons. The molecule has 0 N–H and O–H groups in total. The number of unbranched alkanes of at least 4 members (excludes halogenated alkanes) is 49. The average molecular weight is 990 g/mol. The first-order chi connectivity index (χ1) is 34.5. The summed E-state index contributed by atoms with van der Waals surface area (Å²) in [6, 6.07) is 0. The minimum absolute atomic E-state index is 0.0622. The van der Waals surface area contributed by atoms with Crippen molar-refractivity contribution < 1.29 is 28.6 Å². The van der Waals surface area contributed by atoms with Gasteiger partial charge in [0, 0.05) is 19.3 Å². The Labute approximate surface area is 438 Å². The van der Waals surface area contributed by atoms with Crippen LogP contribution >= 0.6 is 0 Å². The molecule has 0 aliphatic heterocycles. The molecule has 0 aliphatic rings. The highest BCUT2D eigenvalue weighted by atomic mass is 16.6. The smallest absolute Gasteiger partial charge is 0.306 e. The van der Waals surface area contributed by atoms with Gasteiger partial charge in [-0.1, -0.05) is 335 Å². The Morgan fingerprint density at radius 3 is 0.571 bits per heavy atom. The first-order valence-corrected chi connectivity index (χ1v) is 32.0. The highest BCUT2D eigenvalue weighted by molar-refractivity contribution is 5.71. The van der Waals surface area contributed by atoms with Crippen LogP contribution in [0.25, 0.3) is 0 Å². The van der Waals surface area contributed by atoms with E-state index in [9.17, 15) is 14.4 Å². The van der Waals surface area contributed by atoms with Crippen LogP contribution in [-0.2, 0) is 28.6 Å². The summed E-state index contributed by atoms with van der Waals surface area (Å²) in [7, 11) is 0. The number of ether oxygens (including phenoxy) is 3. The molecule has 6 nitrogen and oxygen atoms in total. The van der Waals surface area contributed by atoms with Gasteiger partial charge < -0.3 is 14.2 Å². The predicted octanol–water partition coefficient (Wildman–Crippen LogP) is 21.5. The molecule has 0 saturated heterocycles. The summed E-state index contributed by atoms with van der Waals surface area (Å²) in [5.74, 6) is -0.844. The molecule has 0 aromatic heterocycles. The third kappa shape index (κ3) is 57.3. The van der Waals surface area contributed by atoms with Gasteiger partial charge in [0.25, 0.3) is 0 Å². The normalized spacial score (nSPS) is 11.9. The molecule has 1 unspecified atom stereocenters. The van der Waals surface area contributed by atoms with E-state index in [2.05, 4.69) is 20.8 Å². The van der Waals surface area contributed by atoms with E-state index in [-0.39, 0.29) is 31.1 Å². The quantitative estimate of drug-likeness (QED) is 0.0343. The van der Waals surface area contributed by atoms with Crippen LogP contribution in [0.3, 0.4) is 0 Å². The first-order valence-electron chi connectivity index (χ1n) is 32.0. The second-order valence-electron chi connectivity index (χ2n) is 22.1. The van der Waals surface area contributed by atoms with Crippen molar-refractivity contribution in [1.29, 1.82) is 0 Å². The molecule has 0 aromatic rings.